The SMILES string of the molecule is COC(=O)N1[C@H](C)CN(c2ccc(-c3cnc4c(-c5ccc(C#N)cc5)cccc4c3OC)cc2)C[C@@H]1C. The molecule has 5 rings (SSSR count). The second-order valence-corrected chi connectivity index (χ2v) is 9.62. The summed E-state index contributed by atoms with van der Waals surface area (Å²) in [6.45, 7) is 5.56. The average Bonchev–Trinajstić information content (AvgIpc) is 2.95. The zero-order valence-corrected chi connectivity index (χ0v) is 22.0. The van der Waals surface area contributed by atoms with Crippen LogP contribution in [0.2, 0.25) is 0 Å². The largest absolute Gasteiger partial charge is 0.495 e. The fourth-order valence-corrected chi connectivity index (χ4v) is 5.43. The first-order valence-corrected chi connectivity index (χ1v) is 12.6. The van der Waals surface area contributed by atoms with Crippen molar-refractivity contribution in [1.29, 1.82) is 5.26 Å². The van der Waals surface area contributed by atoms with Gasteiger partial charge in [-0.1, -0.05) is 36.4 Å². The Morgan fingerprint density at radius 2 is 1.55 bits per heavy atom. The van der Waals surface area contributed by atoms with Crippen molar-refractivity contribution in [3.8, 4) is 34.1 Å². The molecule has 1 aromatic heterocycles. The number of pyridine rings is 1. The number of aromatic nitrogens is 1. The number of nitriles is 1. The highest BCUT2D eigenvalue weighted by Crippen LogP contribution is 2.39. The van der Waals surface area contributed by atoms with Gasteiger partial charge in [0.05, 0.1) is 43.5 Å². The molecule has 1 aliphatic heterocycles. The fourth-order valence-electron chi connectivity index (χ4n) is 5.43. The number of fused-ring (bicyclic) bond motifs is 1. The fraction of sp³-hybridized carbons (Fsp3) is 0.258. The third-order valence-corrected chi connectivity index (χ3v) is 7.23. The second-order valence-electron chi connectivity index (χ2n) is 9.62. The van der Waals surface area contributed by atoms with E-state index in [4.69, 9.17) is 19.7 Å². The molecule has 1 aliphatic rings. The van der Waals surface area contributed by atoms with Crippen LogP contribution in [0, 0.1) is 11.3 Å². The first-order chi connectivity index (χ1) is 18.4. The highest BCUT2D eigenvalue weighted by Gasteiger charge is 2.33. The second kappa shape index (κ2) is 10.4. The number of carbonyl (C=O) groups excluding carboxylic acids is 1. The molecule has 192 valence electrons. The van der Waals surface area contributed by atoms with E-state index in [-0.39, 0.29) is 18.2 Å². The van der Waals surface area contributed by atoms with Gasteiger partial charge in [0.2, 0.25) is 0 Å². The predicted molar refractivity (Wildman–Crippen MR) is 149 cm³/mol. The standard InChI is InChI=1S/C31H30N4O3/c1-20-18-34(19-21(2)35(20)31(36)38-4)25-14-12-24(13-15-25)28-17-33-29-26(6-5-7-27(29)30(28)37-3)23-10-8-22(16-32)9-11-23/h5-15,17,20-21H,18-19H2,1-4H3/t20-,21+. The van der Waals surface area contributed by atoms with Crippen LogP contribution in [0.4, 0.5) is 10.5 Å². The lowest BCUT2D eigenvalue weighted by atomic mass is 9.98. The number of benzene rings is 3. The van der Waals surface area contributed by atoms with E-state index in [1.165, 1.54) is 7.11 Å². The van der Waals surface area contributed by atoms with E-state index in [1.807, 2.05) is 67.4 Å². The minimum Gasteiger partial charge on any atom is -0.495 e. The normalized spacial score (nSPS) is 17.2. The van der Waals surface area contributed by atoms with Crippen molar-refractivity contribution >= 4 is 22.7 Å². The zero-order valence-electron chi connectivity index (χ0n) is 22.0. The van der Waals surface area contributed by atoms with Gasteiger partial charge in [-0.25, -0.2) is 4.79 Å². The van der Waals surface area contributed by atoms with Gasteiger partial charge < -0.3 is 14.4 Å². The van der Waals surface area contributed by atoms with E-state index in [0.29, 0.717) is 5.56 Å². The summed E-state index contributed by atoms with van der Waals surface area (Å²) >= 11 is 0. The Bertz CT molecular complexity index is 1500. The van der Waals surface area contributed by atoms with Crippen molar-refractivity contribution in [2.24, 2.45) is 0 Å². The topological polar surface area (TPSA) is 78.7 Å². The Balaban J connectivity index is 1.45. The van der Waals surface area contributed by atoms with Crippen LogP contribution in [-0.2, 0) is 4.74 Å². The molecule has 3 aromatic carbocycles. The molecule has 0 aliphatic carbocycles. The maximum absolute atomic E-state index is 12.2. The monoisotopic (exact) mass is 506 g/mol. The highest BCUT2D eigenvalue weighted by molar-refractivity contribution is 6.00. The van der Waals surface area contributed by atoms with Crippen LogP contribution < -0.4 is 9.64 Å². The van der Waals surface area contributed by atoms with Gasteiger partial charge in [0, 0.05) is 41.5 Å². The van der Waals surface area contributed by atoms with Gasteiger partial charge in [0.1, 0.15) is 5.75 Å². The van der Waals surface area contributed by atoms with E-state index in [1.54, 1.807) is 7.11 Å². The summed E-state index contributed by atoms with van der Waals surface area (Å²) in [4.78, 5) is 21.1. The zero-order chi connectivity index (χ0) is 26.8. The van der Waals surface area contributed by atoms with E-state index in [2.05, 4.69) is 35.2 Å². The van der Waals surface area contributed by atoms with Crippen LogP contribution in [0.15, 0.2) is 72.9 Å². The van der Waals surface area contributed by atoms with Crippen molar-refractivity contribution in [2.45, 2.75) is 25.9 Å². The van der Waals surface area contributed by atoms with Crippen LogP contribution in [0.1, 0.15) is 19.4 Å². The molecule has 0 saturated carbocycles. The molecule has 0 unspecified atom stereocenters. The van der Waals surface area contributed by atoms with Crippen molar-refractivity contribution < 1.29 is 14.3 Å². The van der Waals surface area contributed by atoms with Gasteiger partial charge in [-0.3, -0.25) is 9.88 Å². The van der Waals surface area contributed by atoms with Crippen LogP contribution in [0.25, 0.3) is 33.2 Å². The summed E-state index contributed by atoms with van der Waals surface area (Å²) in [5.74, 6) is 0.771. The molecule has 4 aromatic rings. The number of hydrogen-bond acceptors (Lipinski definition) is 6. The molecule has 1 saturated heterocycles. The lowest BCUT2D eigenvalue weighted by molar-refractivity contribution is 0.0820. The molecule has 0 N–H and O–H groups in total. The van der Waals surface area contributed by atoms with E-state index < -0.39 is 0 Å². The molecule has 2 heterocycles. The molecule has 38 heavy (non-hydrogen) atoms. The number of piperazine rings is 1. The van der Waals surface area contributed by atoms with E-state index in [9.17, 15) is 4.79 Å². The van der Waals surface area contributed by atoms with Gasteiger partial charge in [0.25, 0.3) is 0 Å². The van der Waals surface area contributed by atoms with E-state index >= 15 is 0 Å². The van der Waals surface area contributed by atoms with Gasteiger partial charge in [0.15, 0.2) is 0 Å². The highest BCUT2D eigenvalue weighted by atomic mass is 16.5. The van der Waals surface area contributed by atoms with Crippen molar-refractivity contribution in [3.05, 3.63) is 78.5 Å². The lowest BCUT2D eigenvalue weighted by Gasteiger charge is -2.44. The number of methoxy groups -OCH3 is 2. The summed E-state index contributed by atoms with van der Waals surface area (Å²) < 4.78 is 10.9. The number of para-hydroxylation sites is 1. The molecule has 1 fully saturated rings. The van der Waals surface area contributed by atoms with Crippen LogP contribution in [0.3, 0.4) is 0 Å². The number of ether oxygens (including phenoxy) is 2. The third-order valence-electron chi connectivity index (χ3n) is 7.23. The maximum atomic E-state index is 12.2. The molecule has 0 bridgehead atoms. The van der Waals surface area contributed by atoms with Gasteiger partial charge in [-0.15, -0.1) is 0 Å². The summed E-state index contributed by atoms with van der Waals surface area (Å²) in [6, 6.07) is 24.2. The Morgan fingerprint density at radius 1 is 0.921 bits per heavy atom. The third kappa shape index (κ3) is 4.50. The molecule has 0 spiro atoms. The molecule has 7 heteroatoms. The Labute approximate surface area is 222 Å². The maximum Gasteiger partial charge on any atom is 0.410 e. The summed E-state index contributed by atoms with van der Waals surface area (Å²) in [5, 5.41) is 10.1. The van der Waals surface area contributed by atoms with E-state index in [0.717, 1.165) is 57.7 Å². The molecule has 1 amide bonds. The number of rotatable bonds is 4. The smallest absolute Gasteiger partial charge is 0.410 e. The van der Waals surface area contributed by atoms with Crippen LogP contribution in [0.5, 0.6) is 5.75 Å². The molecular weight excluding hydrogens is 476 g/mol. The van der Waals surface area contributed by atoms with Gasteiger partial charge in [-0.2, -0.15) is 5.26 Å². The summed E-state index contributed by atoms with van der Waals surface area (Å²) in [5.41, 5.74) is 6.49. The first-order valence-electron chi connectivity index (χ1n) is 12.6. The number of hydrogen-bond donors (Lipinski definition) is 0. The average molecular weight is 507 g/mol. The molecule has 7 nitrogen and oxygen atoms in total. The number of nitrogens with zero attached hydrogens (tertiary/aromatic N) is 4. The Kier molecular flexibility index (Phi) is 6.89. The van der Waals surface area contributed by atoms with Crippen LogP contribution in [-0.4, -0.2) is 55.4 Å². The minimum atomic E-state index is -0.279. The quantitative estimate of drug-likeness (QED) is 0.332. The molecule has 2 atom stereocenters. The summed E-state index contributed by atoms with van der Waals surface area (Å²) in [7, 11) is 3.11. The lowest BCUT2D eigenvalue weighted by Crippen LogP contribution is -2.58. The van der Waals surface area contributed by atoms with Crippen molar-refractivity contribution in [2.75, 3.05) is 32.2 Å². The molecule has 0 radical (unpaired) electrons. The molecular formula is C31H30N4O3. The number of carbonyl (C=O) groups is 1. The predicted octanol–water partition coefficient (Wildman–Crippen LogP) is 6.11. The Hall–Kier alpha value is -4.57. The Morgan fingerprint density at radius 3 is 2.16 bits per heavy atom. The van der Waals surface area contributed by atoms with Crippen molar-refractivity contribution in [1.82, 2.24) is 9.88 Å². The van der Waals surface area contributed by atoms with Crippen molar-refractivity contribution in [3.63, 3.8) is 0 Å². The first kappa shape index (κ1) is 25.1. The van der Waals surface area contributed by atoms with Gasteiger partial charge >= 0.3 is 6.09 Å². The number of amides is 1. The minimum absolute atomic E-state index is 0.0426. The number of anilines is 1. The van der Waals surface area contributed by atoms with Crippen LogP contribution >= 0.6 is 0 Å². The summed E-state index contributed by atoms with van der Waals surface area (Å²) in [6.07, 6.45) is 1.58. The van der Waals surface area contributed by atoms with Gasteiger partial charge in [-0.05, 0) is 55.3 Å².